The molecule has 1 aromatic heterocycles. The summed E-state index contributed by atoms with van der Waals surface area (Å²) in [7, 11) is 1.18. The molecule has 0 fully saturated rings. The Hall–Kier alpha value is -2.10. The maximum absolute atomic E-state index is 14.0. The third-order valence-electron chi connectivity index (χ3n) is 3.75. The van der Waals surface area contributed by atoms with Crippen LogP contribution in [0.2, 0.25) is 0 Å². The van der Waals surface area contributed by atoms with Crippen molar-refractivity contribution in [2.75, 3.05) is 33.0 Å². The lowest BCUT2D eigenvalue weighted by Crippen LogP contribution is -2.28. The number of hydrogen-bond donors (Lipinski definition) is 2. The Balaban J connectivity index is 2.17. The minimum absolute atomic E-state index is 0.0323. The number of rotatable bonds is 7. The van der Waals surface area contributed by atoms with Gasteiger partial charge in [-0.1, -0.05) is 6.07 Å². The van der Waals surface area contributed by atoms with Gasteiger partial charge in [0.25, 0.3) is 0 Å². The van der Waals surface area contributed by atoms with Gasteiger partial charge in [0, 0.05) is 18.3 Å². The molecule has 0 saturated carbocycles. The van der Waals surface area contributed by atoms with E-state index in [-0.39, 0.29) is 17.0 Å². The molecule has 0 bridgehead atoms. The van der Waals surface area contributed by atoms with Gasteiger partial charge in [-0.25, -0.2) is 26.9 Å². The molecule has 25 heavy (non-hydrogen) atoms. The highest BCUT2D eigenvalue weighted by molar-refractivity contribution is 7.89. The number of benzene rings is 1. The molecule has 0 radical (unpaired) electrons. The van der Waals surface area contributed by atoms with Crippen LogP contribution in [0.4, 0.5) is 14.6 Å². The molecule has 6 nitrogen and oxygen atoms in total. The zero-order chi connectivity index (χ0) is 18.6. The second kappa shape index (κ2) is 7.85. The van der Waals surface area contributed by atoms with Gasteiger partial charge in [0.2, 0.25) is 10.0 Å². The molecular formula is C16H20F2N4O2S. The van der Waals surface area contributed by atoms with Crippen LogP contribution in [0.25, 0.3) is 0 Å². The van der Waals surface area contributed by atoms with E-state index in [1.165, 1.54) is 43.6 Å². The third-order valence-corrected chi connectivity index (χ3v) is 5.15. The summed E-state index contributed by atoms with van der Waals surface area (Å²) in [5.41, 5.74) is -0.0330. The Morgan fingerprint density at radius 3 is 2.28 bits per heavy atom. The molecule has 0 saturated heterocycles. The number of nitrogens with zero attached hydrogens (tertiary/aromatic N) is 2. The van der Waals surface area contributed by atoms with Crippen molar-refractivity contribution in [3.05, 3.63) is 53.7 Å². The fourth-order valence-electron chi connectivity index (χ4n) is 2.33. The molecule has 1 aromatic carbocycles. The zero-order valence-corrected chi connectivity index (χ0v) is 14.9. The van der Waals surface area contributed by atoms with Crippen LogP contribution in [0.3, 0.4) is 0 Å². The van der Waals surface area contributed by atoms with Crippen molar-refractivity contribution in [3.63, 3.8) is 0 Å². The number of halogens is 2. The van der Waals surface area contributed by atoms with Crippen molar-refractivity contribution in [1.82, 2.24) is 14.6 Å². The standard InChI is InChI=1S/C16H20F2N4O2S/c1-19-25(23,24)11-7-8-15(20-9-11)21-10-14(22(2)3)16-12(17)5-4-6-13(16)18/h4-9,14,19H,10H2,1-3H3,(H,20,21). The minimum atomic E-state index is -3.56. The van der Waals surface area contributed by atoms with Crippen LogP contribution < -0.4 is 10.0 Å². The van der Waals surface area contributed by atoms with Crippen molar-refractivity contribution in [1.29, 1.82) is 0 Å². The fourth-order valence-corrected chi connectivity index (χ4v) is 3.01. The van der Waals surface area contributed by atoms with Gasteiger partial charge in [0.1, 0.15) is 22.3 Å². The summed E-state index contributed by atoms with van der Waals surface area (Å²) >= 11 is 0. The smallest absolute Gasteiger partial charge is 0.241 e. The average Bonchev–Trinajstić information content (AvgIpc) is 2.57. The highest BCUT2D eigenvalue weighted by Crippen LogP contribution is 2.25. The first-order valence-corrected chi connectivity index (χ1v) is 8.98. The average molecular weight is 370 g/mol. The summed E-state index contributed by atoms with van der Waals surface area (Å²) < 4.78 is 53.6. The molecule has 0 aliphatic rings. The fraction of sp³-hybridized carbons (Fsp3) is 0.312. The van der Waals surface area contributed by atoms with E-state index in [1.54, 1.807) is 19.0 Å². The number of anilines is 1. The lowest BCUT2D eigenvalue weighted by atomic mass is 10.0. The summed E-state index contributed by atoms with van der Waals surface area (Å²) in [6, 6.07) is 6.07. The summed E-state index contributed by atoms with van der Waals surface area (Å²) in [5, 5.41) is 2.97. The Morgan fingerprint density at radius 2 is 1.80 bits per heavy atom. The second-order valence-electron chi connectivity index (χ2n) is 5.58. The summed E-state index contributed by atoms with van der Waals surface area (Å²) in [5.74, 6) is -0.841. The van der Waals surface area contributed by atoms with Crippen LogP contribution in [-0.2, 0) is 10.0 Å². The monoisotopic (exact) mass is 370 g/mol. The molecule has 0 spiro atoms. The van der Waals surface area contributed by atoms with Gasteiger partial charge in [-0.15, -0.1) is 0 Å². The normalized spacial score (nSPS) is 13.0. The number of pyridine rings is 1. The van der Waals surface area contributed by atoms with E-state index in [9.17, 15) is 17.2 Å². The first kappa shape index (κ1) is 19.2. The highest BCUT2D eigenvalue weighted by atomic mass is 32.2. The molecule has 1 unspecified atom stereocenters. The summed E-state index contributed by atoms with van der Waals surface area (Å²) in [4.78, 5) is 5.75. The molecule has 136 valence electrons. The van der Waals surface area contributed by atoms with Crippen LogP contribution in [0.1, 0.15) is 11.6 Å². The van der Waals surface area contributed by atoms with Crippen LogP contribution >= 0.6 is 0 Å². The Labute approximate surface area is 145 Å². The topological polar surface area (TPSA) is 74.3 Å². The SMILES string of the molecule is CNS(=O)(=O)c1ccc(NCC(c2c(F)cccc2F)N(C)C)nc1. The van der Waals surface area contributed by atoms with Crippen molar-refractivity contribution in [3.8, 4) is 0 Å². The zero-order valence-electron chi connectivity index (χ0n) is 14.1. The predicted molar refractivity (Wildman–Crippen MR) is 91.8 cm³/mol. The molecule has 0 aliphatic carbocycles. The third kappa shape index (κ3) is 4.50. The van der Waals surface area contributed by atoms with E-state index in [1.807, 2.05) is 0 Å². The van der Waals surface area contributed by atoms with Gasteiger partial charge in [-0.2, -0.15) is 0 Å². The largest absolute Gasteiger partial charge is 0.368 e. The van der Waals surface area contributed by atoms with Gasteiger partial charge < -0.3 is 10.2 Å². The molecule has 2 N–H and O–H groups in total. The lowest BCUT2D eigenvalue weighted by molar-refractivity contribution is 0.295. The Morgan fingerprint density at radius 1 is 1.16 bits per heavy atom. The molecular weight excluding hydrogens is 350 g/mol. The molecule has 1 heterocycles. The quantitative estimate of drug-likeness (QED) is 0.780. The van der Waals surface area contributed by atoms with E-state index in [4.69, 9.17) is 0 Å². The van der Waals surface area contributed by atoms with Crippen molar-refractivity contribution in [2.45, 2.75) is 10.9 Å². The van der Waals surface area contributed by atoms with Gasteiger partial charge in [-0.05, 0) is 45.4 Å². The number of aromatic nitrogens is 1. The van der Waals surface area contributed by atoms with E-state index in [0.29, 0.717) is 5.82 Å². The maximum atomic E-state index is 14.0. The number of sulfonamides is 1. The van der Waals surface area contributed by atoms with E-state index < -0.39 is 27.7 Å². The summed E-state index contributed by atoms with van der Waals surface area (Å²) in [6.07, 6.45) is 1.21. The summed E-state index contributed by atoms with van der Waals surface area (Å²) in [6.45, 7) is 0.190. The number of hydrogen-bond acceptors (Lipinski definition) is 5. The Bertz CT molecular complexity index is 806. The molecule has 0 aliphatic heterocycles. The first-order chi connectivity index (χ1) is 11.8. The van der Waals surface area contributed by atoms with Gasteiger partial charge >= 0.3 is 0 Å². The minimum Gasteiger partial charge on any atom is -0.368 e. The molecule has 0 amide bonds. The molecule has 1 atom stereocenters. The molecule has 9 heteroatoms. The van der Waals surface area contributed by atoms with Crippen LogP contribution in [0.15, 0.2) is 41.4 Å². The second-order valence-corrected chi connectivity index (χ2v) is 7.47. The number of nitrogens with one attached hydrogen (secondary N) is 2. The van der Waals surface area contributed by atoms with Crippen LogP contribution in [0.5, 0.6) is 0 Å². The lowest BCUT2D eigenvalue weighted by Gasteiger charge is -2.26. The van der Waals surface area contributed by atoms with Crippen molar-refractivity contribution < 1.29 is 17.2 Å². The number of likely N-dealkylation sites (N-methyl/N-ethyl adjacent to an activating group) is 1. The van der Waals surface area contributed by atoms with Crippen LogP contribution in [-0.4, -0.2) is 46.0 Å². The van der Waals surface area contributed by atoms with Gasteiger partial charge in [-0.3, -0.25) is 0 Å². The van der Waals surface area contributed by atoms with Gasteiger partial charge in [0.15, 0.2) is 0 Å². The molecule has 2 rings (SSSR count). The first-order valence-electron chi connectivity index (χ1n) is 7.50. The van der Waals surface area contributed by atoms with Crippen molar-refractivity contribution >= 4 is 15.8 Å². The highest BCUT2D eigenvalue weighted by Gasteiger charge is 2.22. The van der Waals surface area contributed by atoms with Gasteiger partial charge in [0.05, 0.1) is 6.04 Å². The predicted octanol–water partition coefficient (Wildman–Crippen LogP) is 1.98. The van der Waals surface area contributed by atoms with Crippen LogP contribution in [0, 0.1) is 11.6 Å². The van der Waals surface area contributed by atoms with E-state index >= 15 is 0 Å². The van der Waals surface area contributed by atoms with E-state index in [2.05, 4.69) is 15.0 Å². The van der Waals surface area contributed by atoms with Crippen molar-refractivity contribution in [2.24, 2.45) is 0 Å². The Kier molecular flexibility index (Phi) is 6.04. The maximum Gasteiger partial charge on any atom is 0.241 e. The van der Waals surface area contributed by atoms with E-state index in [0.717, 1.165) is 0 Å². The molecule has 2 aromatic rings.